The van der Waals surface area contributed by atoms with E-state index >= 15 is 0 Å². The first kappa shape index (κ1) is 5.63. The van der Waals surface area contributed by atoms with Gasteiger partial charge in [-0.3, -0.25) is 0 Å². The van der Waals surface area contributed by atoms with Gasteiger partial charge in [0.15, 0.2) is 0 Å². The van der Waals surface area contributed by atoms with Gasteiger partial charge in [0, 0.05) is 12.5 Å². The lowest BCUT2D eigenvalue weighted by Crippen LogP contribution is -2.30. The molecule has 1 heterocycles. The molecular formula is C6H11NO. The predicted octanol–water partition coefficient (Wildman–Crippen LogP) is 0.636. The molecule has 2 heteroatoms. The lowest BCUT2D eigenvalue weighted by atomic mass is 10.1. The van der Waals surface area contributed by atoms with E-state index < -0.39 is 0 Å². The van der Waals surface area contributed by atoms with Crippen molar-refractivity contribution in [3.63, 3.8) is 0 Å². The van der Waals surface area contributed by atoms with E-state index in [-0.39, 0.29) is 12.1 Å². The van der Waals surface area contributed by atoms with Crippen molar-refractivity contribution in [1.82, 2.24) is 0 Å². The lowest BCUT2D eigenvalue weighted by Gasteiger charge is -2.12. The highest BCUT2D eigenvalue weighted by molar-refractivity contribution is 4.89. The van der Waals surface area contributed by atoms with Gasteiger partial charge in [0.2, 0.25) is 0 Å². The molecule has 2 atom stereocenters. The van der Waals surface area contributed by atoms with Crippen molar-refractivity contribution in [2.75, 3.05) is 0 Å². The molecule has 0 aromatic carbocycles. The molecule has 0 saturated carbocycles. The third kappa shape index (κ3) is 1.01. The molecule has 1 rings (SSSR count). The van der Waals surface area contributed by atoms with E-state index in [4.69, 9.17) is 10.5 Å². The summed E-state index contributed by atoms with van der Waals surface area (Å²) < 4.78 is 5.11. The monoisotopic (exact) mass is 113 g/mol. The highest BCUT2D eigenvalue weighted by Crippen LogP contribution is 2.10. The van der Waals surface area contributed by atoms with Crippen LogP contribution < -0.4 is 5.73 Å². The van der Waals surface area contributed by atoms with Gasteiger partial charge in [0.1, 0.15) is 6.10 Å². The fourth-order valence-corrected chi connectivity index (χ4v) is 0.740. The van der Waals surface area contributed by atoms with Crippen LogP contribution in [0.25, 0.3) is 0 Å². The van der Waals surface area contributed by atoms with E-state index in [1.807, 2.05) is 13.0 Å². The van der Waals surface area contributed by atoms with Gasteiger partial charge in [-0.25, -0.2) is 0 Å². The molecular weight excluding hydrogens is 102 g/mol. The van der Waals surface area contributed by atoms with E-state index in [1.165, 1.54) is 0 Å². The molecule has 46 valence electrons. The molecule has 1 aliphatic rings. The Morgan fingerprint density at radius 3 is 2.88 bits per heavy atom. The normalized spacial score (nSPS) is 30.0. The maximum atomic E-state index is 5.53. The van der Waals surface area contributed by atoms with Gasteiger partial charge < -0.3 is 10.5 Å². The summed E-state index contributed by atoms with van der Waals surface area (Å²) in [6.07, 6.45) is 4.91. The summed E-state index contributed by atoms with van der Waals surface area (Å²) in [7, 11) is 0. The fourth-order valence-electron chi connectivity index (χ4n) is 0.740. The van der Waals surface area contributed by atoms with Gasteiger partial charge >= 0.3 is 0 Å². The molecule has 0 aromatic rings. The van der Waals surface area contributed by atoms with Crippen LogP contribution in [0.1, 0.15) is 13.3 Å². The van der Waals surface area contributed by atoms with Gasteiger partial charge in [-0.05, 0) is 13.0 Å². The molecule has 2 N–H and O–H groups in total. The number of hydrogen-bond donors (Lipinski definition) is 1. The van der Waals surface area contributed by atoms with E-state index in [0.717, 1.165) is 6.42 Å². The maximum Gasteiger partial charge on any atom is 0.116 e. The number of hydrogen-bond acceptors (Lipinski definition) is 2. The molecule has 0 spiro atoms. The average Bonchev–Trinajstić information content (AvgIpc) is 2.12. The summed E-state index contributed by atoms with van der Waals surface area (Å²) in [6.45, 7) is 1.96. The van der Waals surface area contributed by atoms with Gasteiger partial charge in [0.25, 0.3) is 0 Å². The molecule has 2 nitrogen and oxygen atoms in total. The van der Waals surface area contributed by atoms with Crippen LogP contribution in [-0.2, 0) is 4.74 Å². The van der Waals surface area contributed by atoms with Gasteiger partial charge in [0.05, 0.1) is 6.26 Å². The van der Waals surface area contributed by atoms with Crippen molar-refractivity contribution in [3.05, 3.63) is 12.3 Å². The minimum atomic E-state index is 0.157. The van der Waals surface area contributed by atoms with Crippen LogP contribution in [0.4, 0.5) is 0 Å². The highest BCUT2D eigenvalue weighted by Gasteiger charge is 2.14. The zero-order valence-electron chi connectivity index (χ0n) is 5.00. The van der Waals surface area contributed by atoms with Crippen molar-refractivity contribution in [2.45, 2.75) is 25.5 Å². The molecule has 0 aromatic heterocycles. The Balaban J connectivity index is 2.29. The van der Waals surface area contributed by atoms with E-state index in [9.17, 15) is 0 Å². The number of nitrogens with two attached hydrogens (primary N) is 1. The predicted molar refractivity (Wildman–Crippen MR) is 32.3 cm³/mol. The second-order valence-corrected chi connectivity index (χ2v) is 2.14. The summed E-state index contributed by atoms with van der Waals surface area (Å²) in [5.41, 5.74) is 5.53. The Hall–Kier alpha value is -0.500. The topological polar surface area (TPSA) is 35.2 Å². The van der Waals surface area contributed by atoms with E-state index in [0.29, 0.717) is 0 Å². The molecule has 0 saturated heterocycles. The van der Waals surface area contributed by atoms with Crippen LogP contribution in [0, 0.1) is 0 Å². The van der Waals surface area contributed by atoms with Gasteiger partial charge in [-0.15, -0.1) is 0 Å². The number of ether oxygens (including phenoxy) is 1. The number of rotatable bonds is 1. The smallest absolute Gasteiger partial charge is 0.116 e. The van der Waals surface area contributed by atoms with Crippen LogP contribution >= 0.6 is 0 Å². The van der Waals surface area contributed by atoms with Crippen LogP contribution in [0.5, 0.6) is 0 Å². The standard InChI is InChI=1S/C6H11NO/c1-5(7)6-3-2-4-8-6/h2,4-6H,3,7H2,1H3. The van der Waals surface area contributed by atoms with Crippen molar-refractivity contribution in [3.8, 4) is 0 Å². The second kappa shape index (κ2) is 2.18. The first-order valence-electron chi connectivity index (χ1n) is 2.87. The Morgan fingerprint density at radius 2 is 2.62 bits per heavy atom. The van der Waals surface area contributed by atoms with Crippen LogP contribution in [0.2, 0.25) is 0 Å². The summed E-state index contributed by atoms with van der Waals surface area (Å²) >= 11 is 0. The third-order valence-electron chi connectivity index (χ3n) is 1.30. The van der Waals surface area contributed by atoms with E-state index in [1.54, 1.807) is 6.26 Å². The molecule has 0 aliphatic carbocycles. The molecule has 0 amide bonds. The van der Waals surface area contributed by atoms with Gasteiger partial charge in [-0.2, -0.15) is 0 Å². The third-order valence-corrected chi connectivity index (χ3v) is 1.30. The zero-order valence-corrected chi connectivity index (χ0v) is 5.00. The van der Waals surface area contributed by atoms with Crippen molar-refractivity contribution in [2.24, 2.45) is 5.73 Å². The first-order valence-corrected chi connectivity index (χ1v) is 2.87. The molecule has 0 fully saturated rings. The SMILES string of the molecule is CC(N)C1CC=CO1. The molecule has 2 unspecified atom stereocenters. The minimum Gasteiger partial charge on any atom is -0.496 e. The Bertz CT molecular complexity index is 90.7. The van der Waals surface area contributed by atoms with Crippen molar-refractivity contribution in [1.29, 1.82) is 0 Å². The van der Waals surface area contributed by atoms with Gasteiger partial charge in [-0.1, -0.05) is 0 Å². The Morgan fingerprint density at radius 1 is 1.88 bits per heavy atom. The Kier molecular flexibility index (Phi) is 1.53. The van der Waals surface area contributed by atoms with Crippen molar-refractivity contribution < 1.29 is 4.74 Å². The average molecular weight is 113 g/mol. The summed E-state index contributed by atoms with van der Waals surface area (Å²) in [5, 5.41) is 0. The molecule has 0 radical (unpaired) electrons. The summed E-state index contributed by atoms with van der Waals surface area (Å²) in [6, 6.07) is 0.157. The van der Waals surface area contributed by atoms with Crippen LogP contribution in [0.3, 0.4) is 0 Å². The highest BCUT2D eigenvalue weighted by atomic mass is 16.5. The van der Waals surface area contributed by atoms with Crippen LogP contribution in [0.15, 0.2) is 12.3 Å². The van der Waals surface area contributed by atoms with Crippen molar-refractivity contribution >= 4 is 0 Å². The largest absolute Gasteiger partial charge is 0.496 e. The molecule has 1 aliphatic heterocycles. The van der Waals surface area contributed by atoms with Crippen LogP contribution in [-0.4, -0.2) is 12.1 Å². The first-order chi connectivity index (χ1) is 3.80. The summed E-state index contributed by atoms with van der Waals surface area (Å²) in [4.78, 5) is 0. The van der Waals surface area contributed by atoms with E-state index in [2.05, 4.69) is 0 Å². The maximum absolute atomic E-state index is 5.53. The quantitative estimate of drug-likeness (QED) is 0.541. The zero-order chi connectivity index (χ0) is 5.98. The Labute approximate surface area is 49.3 Å². The minimum absolute atomic E-state index is 0.157. The fraction of sp³-hybridized carbons (Fsp3) is 0.667. The molecule has 8 heavy (non-hydrogen) atoms. The molecule has 0 bridgehead atoms. The summed E-state index contributed by atoms with van der Waals surface area (Å²) in [5.74, 6) is 0. The second-order valence-electron chi connectivity index (χ2n) is 2.14. The lowest BCUT2D eigenvalue weighted by molar-refractivity contribution is 0.148.